The van der Waals surface area contributed by atoms with Gasteiger partial charge in [0.2, 0.25) is 0 Å². The second-order valence-electron chi connectivity index (χ2n) is 5.72. The minimum absolute atomic E-state index is 0.530. The second kappa shape index (κ2) is 9.36. The number of nitrogens with two attached hydrogens (primary N) is 1. The average Bonchev–Trinajstić information content (AvgIpc) is 2.56. The molecule has 0 aliphatic rings. The second-order valence-corrected chi connectivity index (χ2v) is 5.72. The van der Waals surface area contributed by atoms with Crippen LogP contribution in [0, 0.1) is 0 Å². The molecular weight excluding hydrogens is 254 g/mol. The number of hydrogen-bond donors (Lipinski definition) is 1. The Morgan fingerprint density at radius 1 is 0.619 bits per heavy atom. The molecule has 112 valence electrons. The van der Waals surface area contributed by atoms with Gasteiger partial charge < -0.3 is 5.73 Å². The van der Waals surface area contributed by atoms with E-state index in [0.717, 1.165) is 6.54 Å². The van der Waals surface area contributed by atoms with Crippen molar-refractivity contribution in [2.75, 3.05) is 6.54 Å². The van der Waals surface area contributed by atoms with Gasteiger partial charge in [-0.25, -0.2) is 0 Å². The minimum atomic E-state index is 0.530. The van der Waals surface area contributed by atoms with E-state index in [1.807, 2.05) is 0 Å². The van der Waals surface area contributed by atoms with E-state index in [9.17, 15) is 0 Å². The molecular formula is C20H27N. The monoisotopic (exact) mass is 281 g/mol. The lowest BCUT2D eigenvalue weighted by molar-refractivity contribution is 0.574. The van der Waals surface area contributed by atoms with Crippen LogP contribution in [0.2, 0.25) is 0 Å². The molecule has 1 heteroatoms. The van der Waals surface area contributed by atoms with Crippen LogP contribution in [-0.4, -0.2) is 6.54 Å². The summed E-state index contributed by atoms with van der Waals surface area (Å²) in [6, 6.07) is 21.8. The number of hydrogen-bond acceptors (Lipinski definition) is 1. The van der Waals surface area contributed by atoms with Gasteiger partial charge in [-0.3, -0.25) is 0 Å². The van der Waals surface area contributed by atoms with Crippen LogP contribution >= 0.6 is 0 Å². The van der Waals surface area contributed by atoms with Crippen molar-refractivity contribution < 1.29 is 0 Å². The smallest absolute Gasteiger partial charge is 0.00893 e. The SMILES string of the molecule is NCCCCCCCC(c1ccccc1)c1ccccc1. The molecule has 0 spiro atoms. The van der Waals surface area contributed by atoms with Crippen molar-refractivity contribution in [2.45, 2.75) is 44.4 Å². The van der Waals surface area contributed by atoms with Crippen molar-refractivity contribution in [1.82, 2.24) is 0 Å². The van der Waals surface area contributed by atoms with E-state index in [1.165, 1.54) is 49.7 Å². The van der Waals surface area contributed by atoms with Gasteiger partial charge in [-0.1, -0.05) is 86.3 Å². The van der Waals surface area contributed by atoms with Crippen LogP contribution < -0.4 is 5.73 Å². The highest BCUT2D eigenvalue weighted by Crippen LogP contribution is 2.29. The van der Waals surface area contributed by atoms with Crippen molar-refractivity contribution in [2.24, 2.45) is 5.73 Å². The first-order chi connectivity index (χ1) is 10.4. The molecule has 1 nitrogen and oxygen atoms in total. The quantitative estimate of drug-likeness (QED) is 0.634. The van der Waals surface area contributed by atoms with Crippen LogP contribution in [0.1, 0.15) is 55.6 Å². The van der Waals surface area contributed by atoms with Crippen LogP contribution in [0.5, 0.6) is 0 Å². The predicted molar refractivity (Wildman–Crippen MR) is 91.5 cm³/mol. The molecule has 0 heterocycles. The highest BCUT2D eigenvalue weighted by atomic mass is 14.5. The summed E-state index contributed by atoms with van der Waals surface area (Å²) in [7, 11) is 0. The molecule has 0 aliphatic heterocycles. The van der Waals surface area contributed by atoms with Crippen molar-refractivity contribution in [1.29, 1.82) is 0 Å². The van der Waals surface area contributed by atoms with E-state index in [-0.39, 0.29) is 0 Å². The molecule has 2 aromatic rings. The summed E-state index contributed by atoms with van der Waals surface area (Å²) in [5, 5.41) is 0. The highest BCUT2D eigenvalue weighted by Gasteiger charge is 2.12. The third kappa shape index (κ3) is 5.35. The minimum Gasteiger partial charge on any atom is -0.330 e. The standard InChI is InChI=1S/C20H27N/c21-17-11-3-1-2-10-16-20(18-12-6-4-7-13-18)19-14-8-5-9-15-19/h4-9,12-15,20H,1-3,10-11,16-17,21H2. The lowest BCUT2D eigenvalue weighted by atomic mass is 9.87. The zero-order valence-electron chi connectivity index (χ0n) is 12.9. The zero-order chi connectivity index (χ0) is 14.8. The van der Waals surface area contributed by atoms with Gasteiger partial charge in [-0.15, -0.1) is 0 Å². The Morgan fingerprint density at radius 2 is 1.10 bits per heavy atom. The molecule has 0 fully saturated rings. The fourth-order valence-corrected chi connectivity index (χ4v) is 2.92. The van der Waals surface area contributed by atoms with E-state index < -0.39 is 0 Å². The molecule has 2 aromatic carbocycles. The normalized spacial score (nSPS) is 11.0. The van der Waals surface area contributed by atoms with E-state index >= 15 is 0 Å². The Hall–Kier alpha value is -1.60. The van der Waals surface area contributed by atoms with Gasteiger partial charge in [0.25, 0.3) is 0 Å². The Morgan fingerprint density at radius 3 is 1.62 bits per heavy atom. The average molecular weight is 281 g/mol. The number of rotatable bonds is 9. The van der Waals surface area contributed by atoms with Gasteiger partial charge in [-0.05, 0) is 30.5 Å². The van der Waals surface area contributed by atoms with Gasteiger partial charge in [0.05, 0.1) is 0 Å². The van der Waals surface area contributed by atoms with Gasteiger partial charge in [0.1, 0.15) is 0 Å². The van der Waals surface area contributed by atoms with Crippen LogP contribution in [0.4, 0.5) is 0 Å². The van der Waals surface area contributed by atoms with E-state index in [2.05, 4.69) is 60.7 Å². The van der Waals surface area contributed by atoms with Gasteiger partial charge in [-0.2, -0.15) is 0 Å². The molecule has 21 heavy (non-hydrogen) atoms. The predicted octanol–water partition coefficient (Wildman–Crippen LogP) is 5.12. The largest absolute Gasteiger partial charge is 0.330 e. The Balaban J connectivity index is 1.94. The first kappa shape index (κ1) is 15.8. The molecule has 0 atom stereocenters. The van der Waals surface area contributed by atoms with Crippen molar-refractivity contribution in [3.63, 3.8) is 0 Å². The molecule has 0 radical (unpaired) electrons. The van der Waals surface area contributed by atoms with Crippen molar-refractivity contribution >= 4 is 0 Å². The van der Waals surface area contributed by atoms with E-state index in [0.29, 0.717) is 5.92 Å². The van der Waals surface area contributed by atoms with Gasteiger partial charge in [0.15, 0.2) is 0 Å². The van der Waals surface area contributed by atoms with E-state index in [1.54, 1.807) is 0 Å². The van der Waals surface area contributed by atoms with Crippen molar-refractivity contribution in [3.8, 4) is 0 Å². The molecule has 2 N–H and O–H groups in total. The van der Waals surface area contributed by atoms with Gasteiger partial charge in [0, 0.05) is 5.92 Å². The number of unbranched alkanes of at least 4 members (excludes halogenated alkanes) is 4. The summed E-state index contributed by atoms with van der Waals surface area (Å²) in [6.07, 6.45) is 7.60. The summed E-state index contributed by atoms with van der Waals surface area (Å²) in [5.41, 5.74) is 8.42. The molecule has 0 saturated carbocycles. The Kier molecular flexibility index (Phi) is 7.03. The Labute approximate surface area is 129 Å². The maximum atomic E-state index is 5.54. The highest BCUT2D eigenvalue weighted by molar-refractivity contribution is 5.32. The molecule has 0 aromatic heterocycles. The van der Waals surface area contributed by atoms with E-state index in [4.69, 9.17) is 5.73 Å². The zero-order valence-corrected chi connectivity index (χ0v) is 12.9. The third-order valence-electron chi connectivity index (χ3n) is 4.10. The third-order valence-corrected chi connectivity index (χ3v) is 4.10. The number of benzene rings is 2. The molecule has 0 bridgehead atoms. The topological polar surface area (TPSA) is 26.0 Å². The van der Waals surface area contributed by atoms with Crippen LogP contribution in [0.25, 0.3) is 0 Å². The molecule has 0 aliphatic carbocycles. The van der Waals surface area contributed by atoms with Crippen LogP contribution in [-0.2, 0) is 0 Å². The fraction of sp³-hybridized carbons (Fsp3) is 0.400. The van der Waals surface area contributed by atoms with Crippen LogP contribution in [0.15, 0.2) is 60.7 Å². The maximum Gasteiger partial charge on any atom is 0.00893 e. The van der Waals surface area contributed by atoms with Crippen molar-refractivity contribution in [3.05, 3.63) is 71.8 Å². The lowest BCUT2D eigenvalue weighted by Crippen LogP contribution is -2.01. The maximum absolute atomic E-state index is 5.54. The molecule has 0 amide bonds. The van der Waals surface area contributed by atoms with Crippen LogP contribution in [0.3, 0.4) is 0 Å². The summed E-state index contributed by atoms with van der Waals surface area (Å²) in [6.45, 7) is 0.830. The first-order valence-corrected chi connectivity index (χ1v) is 8.22. The lowest BCUT2D eigenvalue weighted by Gasteiger charge is -2.18. The first-order valence-electron chi connectivity index (χ1n) is 8.22. The Bertz CT molecular complexity index is 438. The molecule has 2 rings (SSSR count). The fourth-order valence-electron chi connectivity index (χ4n) is 2.92. The van der Waals surface area contributed by atoms with Gasteiger partial charge >= 0.3 is 0 Å². The summed E-state index contributed by atoms with van der Waals surface area (Å²) in [5.74, 6) is 0.530. The molecule has 0 saturated heterocycles. The summed E-state index contributed by atoms with van der Waals surface area (Å²) >= 11 is 0. The molecule has 0 unspecified atom stereocenters. The summed E-state index contributed by atoms with van der Waals surface area (Å²) in [4.78, 5) is 0. The summed E-state index contributed by atoms with van der Waals surface area (Å²) < 4.78 is 0.